The molecule has 4 heteroatoms. The summed E-state index contributed by atoms with van der Waals surface area (Å²) >= 11 is 6.15. The molecule has 0 bridgehead atoms. The summed E-state index contributed by atoms with van der Waals surface area (Å²) in [6.07, 6.45) is 2.63. The van der Waals surface area contributed by atoms with Crippen LogP contribution in [0.2, 0.25) is 5.02 Å². The van der Waals surface area contributed by atoms with E-state index in [1.807, 2.05) is 18.2 Å². The molecule has 3 rings (SSSR count). The largest absolute Gasteiger partial charge is 0.489 e. The minimum absolute atomic E-state index is 0.334. The average Bonchev–Trinajstić information content (AvgIpc) is 3.07. The predicted octanol–water partition coefficient (Wildman–Crippen LogP) is 4.50. The van der Waals surface area contributed by atoms with Crippen LogP contribution in [0.5, 0.6) is 5.75 Å². The zero-order valence-corrected chi connectivity index (χ0v) is 14.8. The lowest BCUT2D eigenvalue weighted by atomic mass is 10.1. The average molecular weight is 346 g/mol. The maximum Gasteiger partial charge on any atom is 0.124 e. The van der Waals surface area contributed by atoms with Crippen LogP contribution in [0.4, 0.5) is 0 Å². The second-order valence-corrected chi connectivity index (χ2v) is 6.73. The van der Waals surface area contributed by atoms with Gasteiger partial charge in [-0.05, 0) is 43.5 Å². The lowest BCUT2D eigenvalue weighted by Crippen LogP contribution is -2.26. The van der Waals surface area contributed by atoms with Gasteiger partial charge in [0.25, 0.3) is 0 Å². The highest BCUT2D eigenvalue weighted by atomic mass is 35.5. The first-order chi connectivity index (χ1) is 11.7. The third kappa shape index (κ3) is 4.97. The first kappa shape index (κ1) is 17.3. The van der Waals surface area contributed by atoms with Gasteiger partial charge in [-0.15, -0.1) is 0 Å². The zero-order valence-electron chi connectivity index (χ0n) is 14.1. The van der Waals surface area contributed by atoms with Crippen molar-refractivity contribution in [3.05, 3.63) is 64.2 Å². The van der Waals surface area contributed by atoms with Crippen LogP contribution in [0.15, 0.2) is 42.5 Å². The lowest BCUT2D eigenvalue weighted by molar-refractivity contribution is 0.110. The monoisotopic (exact) mass is 345 g/mol. The molecule has 24 heavy (non-hydrogen) atoms. The SMILES string of the molecule is Cc1cccc(COc2ccc(Cl)cc2CNC[C@@H]2CCCO2)c1. The van der Waals surface area contributed by atoms with E-state index in [2.05, 4.69) is 36.5 Å². The Morgan fingerprint density at radius 1 is 1.25 bits per heavy atom. The number of hydrogen-bond donors (Lipinski definition) is 1. The summed E-state index contributed by atoms with van der Waals surface area (Å²) in [6.45, 7) is 5.12. The number of nitrogens with one attached hydrogen (secondary N) is 1. The summed E-state index contributed by atoms with van der Waals surface area (Å²) in [5.74, 6) is 0.876. The molecule has 2 aromatic rings. The van der Waals surface area contributed by atoms with Crippen molar-refractivity contribution in [1.82, 2.24) is 5.32 Å². The van der Waals surface area contributed by atoms with Crippen LogP contribution in [0.1, 0.15) is 29.5 Å². The number of aryl methyl sites for hydroxylation is 1. The van der Waals surface area contributed by atoms with Gasteiger partial charge in [0.2, 0.25) is 0 Å². The third-order valence-electron chi connectivity index (χ3n) is 4.21. The fourth-order valence-corrected chi connectivity index (χ4v) is 3.16. The van der Waals surface area contributed by atoms with Gasteiger partial charge in [0.05, 0.1) is 6.10 Å². The highest BCUT2D eigenvalue weighted by Crippen LogP contribution is 2.24. The van der Waals surface area contributed by atoms with Crippen LogP contribution >= 0.6 is 11.6 Å². The van der Waals surface area contributed by atoms with Crippen molar-refractivity contribution in [2.45, 2.75) is 39.0 Å². The molecule has 1 aliphatic rings. The number of benzene rings is 2. The van der Waals surface area contributed by atoms with Crippen molar-refractivity contribution in [3.63, 3.8) is 0 Å². The quantitative estimate of drug-likeness (QED) is 0.801. The summed E-state index contributed by atoms with van der Waals surface area (Å²) < 4.78 is 11.7. The highest BCUT2D eigenvalue weighted by Gasteiger charge is 2.15. The molecular weight excluding hydrogens is 322 g/mol. The van der Waals surface area contributed by atoms with Crippen LogP contribution in [0, 0.1) is 6.92 Å². The molecule has 0 aliphatic carbocycles. The van der Waals surface area contributed by atoms with Crippen LogP contribution in [-0.2, 0) is 17.9 Å². The molecule has 1 saturated heterocycles. The standard InChI is InChI=1S/C20H24ClNO2/c1-15-4-2-5-16(10-15)14-24-20-8-7-18(21)11-17(20)12-22-13-19-6-3-9-23-19/h2,4-5,7-8,10-11,19,22H,3,6,9,12-14H2,1H3/t19-/m0/s1. The second kappa shape index (κ2) is 8.52. The molecule has 128 valence electrons. The minimum atomic E-state index is 0.334. The zero-order chi connectivity index (χ0) is 16.8. The lowest BCUT2D eigenvalue weighted by Gasteiger charge is -2.15. The molecule has 0 saturated carbocycles. The van der Waals surface area contributed by atoms with Crippen molar-refractivity contribution in [2.75, 3.05) is 13.2 Å². The van der Waals surface area contributed by atoms with Crippen LogP contribution in [0.25, 0.3) is 0 Å². The predicted molar refractivity (Wildman–Crippen MR) is 97.6 cm³/mol. The Kier molecular flexibility index (Phi) is 6.13. The third-order valence-corrected chi connectivity index (χ3v) is 4.45. The summed E-state index contributed by atoms with van der Waals surface area (Å²) in [7, 11) is 0. The van der Waals surface area contributed by atoms with Crippen molar-refractivity contribution >= 4 is 11.6 Å². The molecular formula is C20H24ClNO2. The molecule has 1 atom stereocenters. The molecule has 0 radical (unpaired) electrons. The van der Waals surface area contributed by atoms with Crippen LogP contribution < -0.4 is 10.1 Å². The summed E-state index contributed by atoms with van der Waals surface area (Å²) in [4.78, 5) is 0. The van der Waals surface area contributed by atoms with Crippen LogP contribution in [0.3, 0.4) is 0 Å². The number of hydrogen-bond acceptors (Lipinski definition) is 3. The van der Waals surface area contributed by atoms with Gasteiger partial charge in [-0.1, -0.05) is 41.4 Å². The highest BCUT2D eigenvalue weighted by molar-refractivity contribution is 6.30. The summed E-state index contributed by atoms with van der Waals surface area (Å²) in [6, 6.07) is 14.2. The van der Waals surface area contributed by atoms with E-state index in [0.29, 0.717) is 12.7 Å². The summed E-state index contributed by atoms with van der Waals surface area (Å²) in [5, 5.41) is 4.18. The molecule has 0 unspecified atom stereocenters. The van der Waals surface area contributed by atoms with Gasteiger partial charge >= 0.3 is 0 Å². The van der Waals surface area contributed by atoms with Gasteiger partial charge in [0, 0.05) is 30.3 Å². The van der Waals surface area contributed by atoms with Gasteiger partial charge in [-0.25, -0.2) is 0 Å². The molecule has 1 N–H and O–H groups in total. The molecule has 1 fully saturated rings. The fraction of sp³-hybridized carbons (Fsp3) is 0.400. The van der Waals surface area contributed by atoms with Crippen molar-refractivity contribution in [1.29, 1.82) is 0 Å². The first-order valence-corrected chi connectivity index (χ1v) is 8.87. The van der Waals surface area contributed by atoms with E-state index in [0.717, 1.165) is 48.9 Å². The minimum Gasteiger partial charge on any atom is -0.489 e. The molecule has 0 aromatic heterocycles. The van der Waals surface area contributed by atoms with E-state index in [1.165, 1.54) is 11.1 Å². The van der Waals surface area contributed by atoms with E-state index >= 15 is 0 Å². The van der Waals surface area contributed by atoms with Gasteiger partial charge in [-0.2, -0.15) is 0 Å². The Balaban J connectivity index is 1.59. The second-order valence-electron chi connectivity index (χ2n) is 6.30. The van der Waals surface area contributed by atoms with E-state index in [4.69, 9.17) is 21.1 Å². The van der Waals surface area contributed by atoms with Gasteiger partial charge in [0.15, 0.2) is 0 Å². The Morgan fingerprint density at radius 2 is 2.17 bits per heavy atom. The Hall–Kier alpha value is -1.55. The van der Waals surface area contributed by atoms with E-state index in [9.17, 15) is 0 Å². The number of ether oxygens (including phenoxy) is 2. The fourth-order valence-electron chi connectivity index (χ4n) is 2.96. The van der Waals surface area contributed by atoms with Gasteiger partial charge < -0.3 is 14.8 Å². The van der Waals surface area contributed by atoms with E-state index < -0.39 is 0 Å². The number of halogens is 1. The molecule has 1 heterocycles. The van der Waals surface area contributed by atoms with Gasteiger partial charge in [0.1, 0.15) is 12.4 Å². The molecule has 3 nitrogen and oxygen atoms in total. The number of rotatable bonds is 7. The smallest absolute Gasteiger partial charge is 0.124 e. The maximum absolute atomic E-state index is 6.15. The molecule has 0 spiro atoms. The van der Waals surface area contributed by atoms with Crippen molar-refractivity contribution in [2.24, 2.45) is 0 Å². The van der Waals surface area contributed by atoms with Crippen LogP contribution in [-0.4, -0.2) is 19.3 Å². The Labute approximate surface area is 148 Å². The first-order valence-electron chi connectivity index (χ1n) is 8.50. The van der Waals surface area contributed by atoms with Gasteiger partial charge in [-0.3, -0.25) is 0 Å². The van der Waals surface area contributed by atoms with E-state index in [1.54, 1.807) is 0 Å². The molecule has 1 aliphatic heterocycles. The van der Waals surface area contributed by atoms with Crippen molar-refractivity contribution < 1.29 is 9.47 Å². The molecule has 2 aromatic carbocycles. The van der Waals surface area contributed by atoms with Crippen molar-refractivity contribution in [3.8, 4) is 5.75 Å². The molecule has 0 amide bonds. The Morgan fingerprint density at radius 3 is 2.96 bits per heavy atom. The topological polar surface area (TPSA) is 30.5 Å². The van der Waals surface area contributed by atoms with E-state index in [-0.39, 0.29) is 0 Å². The normalized spacial score (nSPS) is 17.2. The Bertz CT molecular complexity index is 668. The maximum atomic E-state index is 6.15. The summed E-state index contributed by atoms with van der Waals surface area (Å²) in [5.41, 5.74) is 3.49.